The second-order valence-corrected chi connectivity index (χ2v) is 8.48. The van der Waals surface area contributed by atoms with E-state index in [4.69, 9.17) is 0 Å². The fourth-order valence-corrected chi connectivity index (χ4v) is 4.12. The van der Waals surface area contributed by atoms with Crippen LogP contribution in [0.2, 0.25) is 0 Å². The van der Waals surface area contributed by atoms with E-state index < -0.39 is 6.04 Å². The second kappa shape index (κ2) is 12.4. The molecule has 1 N–H and O–H groups in total. The summed E-state index contributed by atoms with van der Waals surface area (Å²) in [5.74, 6) is 0.126. The van der Waals surface area contributed by atoms with Crippen molar-refractivity contribution in [1.29, 1.82) is 0 Å². The molecule has 0 aliphatic carbocycles. The van der Waals surface area contributed by atoms with Gasteiger partial charge in [-0.25, -0.2) is 4.39 Å². The number of amides is 2. The summed E-state index contributed by atoms with van der Waals surface area (Å²) in [4.78, 5) is 27.5. The van der Waals surface area contributed by atoms with Gasteiger partial charge in [-0.2, -0.15) is 0 Å². The molecule has 162 valence electrons. The van der Waals surface area contributed by atoms with E-state index in [9.17, 15) is 14.0 Å². The van der Waals surface area contributed by atoms with Crippen LogP contribution < -0.4 is 5.32 Å². The molecule has 0 radical (unpaired) electrons. The highest BCUT2D eigenvalue weighted by molar-refractivity contribution is 7.99. The third kappa shape index (κ3) is 7.48. The van der Waals surface area contributed by atoms with Gasteiger partial charge in [0.1, 0.15) is 11.9 Å². The number of carbonyl (C=O) groups is 2. The van der Waals surface area contributed by atoms with Crippen LogP contribution in [0.5, 0.6) is 0 Å². The molecule has 2 aromatic rings. The Bertz CT molecular complexity index is 814. The standard InChI is InChI=1S/C24H31FN2O2S/c1-4-22(24(29)26-18(2)3)27(15-14-19-10-6-5-7-11-19)23(28)17-30-16-20-12-8-9-13-21(20)25/h5-13,18,22H,4,14-17H2,1-3H3,(H,26,29). The molecule has 0 fully saturated rings. The Morgan fingerprint density at radius 1 is 1.07 bits per heavy atom. The quantitative estimate of drug-likeness (QED) is 0.574. The van der Waals surface area contributed by atoms with Gasteiger partial charge in [0.05, 0.1) is 5.75 Å². The number of hydrogen-bond acceptors (Lipinski definition) is 3. The number of nitrogens with zero attached hydrogens (tertiary/aromatic N) is 1. The van der Waals surface area contributed by atoms with E-state index in [0.717, 1.165) is 5.56 Å². The highest BCUT2D eigenvalue weighted by Gasteiger charge is 2.28. The summed E-state index contributed by atoms with van der Waals surface area (Å²) in [7, 11) is 0. The van der Waals surface area contributed by atoms with Gasteiger partial charge in [-0.05, 0) is 43.9 Å². The number of nitrogens with one attached hydrogen (secondary N) is 1. The lowest BCUT2D eigenvalue weighted by molar-refractivity contribution is -0.139. The molecule has 0 saturated carbocycles. The van der Waals surface area contributed by atoms with Crippen molar-refractivity contribution in [1.82, 2.24) is 10.2 Å². The monoisotopic (exact) mass is 430 g/mol. The predicted octanol–water partition coefficient (Wildman–Crippen LogP) is 4.43. The Morgan fingerprint density at radius 2 is 1.73 bits per heavy atom. The first-order valence-electron chi connectivity index (χ1n) is 10.4. The highest BCUT2D eigenvalue weighted by Crippen LogP contribution is 2.17. The van der Waals surface area contributed by atoms with Crippen molar-refractivity contribution in [2.24, 2.45) is 0 Å². The lowest BCUT2D eigenvalue weighted by atomic mass is 10.1. The van der Waals surface area contributed by atoms with E-state index in [2.05, 4.69) is 5.32 Å². The van der Waals surface area contributed by atoms with Gasteiger partial charge in [-0.15, -0.1) is 11.8 Å². The topological polar surface area (TPSA) is 49.4 Å². The third-order valence-corrected chi connectivity index (χ3v) is 5.71. The summed E-state index contributed by atoms with van der Waals surface area (Å²) in [5, 5.41) is 2.93. The number of halogens is 1. The summed E-state index contributed by atoms with van der Waals surface area (Å²) in [6.45, 7) is 6.20. The van der Waals surface area contributed by atoms with E-state index in [1.807, 2.05) is 51.1 Å². The van der Waals surface area contributed by atoms with Crippen molar-refractivity contribution in [2.45, 2.75) is 51.4 Å². The molecule has 4 nitrogen and oxygen atoms in total. The first-order valence-corrected chi connectivity index (χ1v) is 11.5. The van der Waals surface area contributed by atoms with Gasteiger partial charge >= 0.3 is 0 Å². The van der Waals surface area contributed by atoms with Crippen LogP contribution in [0.3, 0.4) is 0 Å². The molecule has 6 heteroatoms. The fraction of sp³-hybridized carbons (Fsp3) is 0.417. The van der Waals surface area contributed by atoms with Crippen LogP contribution in [0, 0.1) is 5.82 Å². The summed E-state index contributed by atoms with van der Waals surface area (Å²) in [6.07, 6.45) is 1.22. The number of carbonyl (C=O) groups excluding carboxylic acids is 2. The molecule has 2 aromatic carbocycles. The van der Waals surface area contributed by atoms with E-state index in [-0.39, 0.29) is 29.4 Å². The molecule has 0 saturated heterocycles. The molecule has 0 heterocycles. The lowest BCUT2D eigenvalue weighted by Crippen LogP contribution is -2.52. The van der Waals surface area contributed by atoms with Crippen molar-refractivity contribution >= 4 is 23.6 Å². The summed E-state index contributed by atoms with van der Waals surface area (Å²) < 4.78 is 13.8. The van der Waals surface area contributed by atoms with Crippen molar-refractivity contribution in [3.63, 3.8) is 0 Å². The minimum Gasteiger partial charge on any atom is -0.352 e. The average molecular weight is 431 g/mol. The van der Waals surface area contributed by atoms with Crippen molar-refractivity contribution in [2.75, 3.05) is 12.3 Å². The molecule has 0 bridgehead atoms. The van der Waals surface area contributed by atoms with Crippen molar-refractivity contribution < 1.29 is 14.0 Å². The first-order chi connectivity index (χ1) is 14.4. The van der Waals surface area contributed by atoms with Crippen LogP contribution in [-0.2, 0) is 21.8 Å². The summed E-state index contributed by atoms with van der Waals surface area (Å²) in [6, 6.07) is 16.0. The van der Waals surface area contributed by atoms with Crippen LogP contribution in [0.25, 0.3) is 0 Å². The Hall–Kier alpha value is -2.34. The van der Waals surface area contributed by atoms with Gasteiger partial charge in [-0.1, -0.05) is 55.5 Å². The van der Waals surface area contributed by atoms with Gasteiger partial charge < -0.3 is 10.2 Å². The fourth-order valence-electron chi connectivity index (χ4n) is 3.22. The van der Waals surface area contributed by atoms with Crippen LogP contribution in [-0.4, -0.2) is 41.1 Å². The Labute approximate surface area is 183 Å². The second-order valence-electron chi connectivity index (χ2n) is 7.49. The lowest BCUT2D eigenvalue weighted by Gasteiger charge is -2.31. The Balaban J connectivity index is 2.06. The third-order valence-electron chi connectivity index (χ3n) is 4.74. The van der Waals surface area contributed by atoms with Crippen LogP contribution in [0.4, 0.5) is 4.39 Å². The van der Waals surface area contributed by atoms with Gasteiger partial charge in [0, 0.05) is 18.3 Å². The van der Waals surface area contributed by atoms with Crippen LogP contribution in [0.15, 0.2) is 54.6 Å². The SMILES string of the molecule is CCC(C(=O)NC(C)C)N(CCc1ccccc1)C(=O)CSCc1ccccc1F. The van der Waals surface area contributed by atoms with Gasteiger partial charge in [-0.3, -0.25) is 9.59 Å². The highest BCUT2D eigenvalue weighted by atomic mass is 32.2. The minimum atomic E-state index is -0.516. The summed E-state index contributed by atoms with van der Waals surface area (Å²) in [5.41, 5.74) is 1.70. The van der Waals surface area contributed by atoms with E-state index in [0.29, 0.717) is 30.7 Å². The molecule has 1 unspecified atom stereocenters. The maximum atomic E-state index is 13.8. The minimum absolute atomic E-state index is 0.00746. The normalized spacial score (nSPS) is 11.9. The number of thioether (sulfide) groups is 1. The number of hydrogen-bond donors (Lipinski definition) is 1. The average Bonchev–Trinajstić information content (AvgIpc) is 2.72. The van der Waals surface area contributed by atoms with Crippen molar-refractivity contribution in [3.8, 4) is 0 Å². The molecule has 2 rings (SSSR count). The maximum Gasteiger partial charge on any atom is 0.242 e. The smallest absolute Gasteiger partial charge is 0.242 e. The maximum absolute atomic E-state index is 13.8. The molecule has 0 aliphatic rings. The van der Waals surface area contributed by atoms with Gasteiger partial charge in [0.15, 0.2) is 0 Å². The van der Waals surface area contributed by atoms with Gasteiger partial charge in [0.2, 0.25) is 11.8 Å². The molecule has 0 aromatic heterocycles. The summed E-state index contributed by atoms with van der Waals surface area (Å²) >= 11 is 1.37. The molecule has 0 spiro atoms. The number of benzene rings is 2. The molecule has 0 aliphatic heterocycles. The van der Waals surface area contributed by atoms with Gasteiger partial charge in [0.25, 0.3) is 0 Å². The molecule has 1 atom stereocenters. The largest absolute Gasteiger partial charge is 0.352 e. The zero-order chi connectivity index (χ0) is 21.9. The van der Waals surface area contributed by atoms with E-state index in [1.54, 1.807) is 23.1 Å². The predicted molar refractivity (Wildman–Crippen MR) is 122 cm³/mol. The Morgan fingerprint density at radius 3 is 2.37 bits per heavy atom. The Kier molecular flexibility index (Phi) is 9.87. The van der Waals surface area contributed by atoms with Crippen LogP contribution in [0.1, 0.15) is 38.3 Å². The number of rotatable bonds is 11. The van der Waals surface area contributed by atoms with Crippen molar-refractivity contribution in [3.05, 3.63) is 71.5 Å². The zero-order valence-electron chi connectivity index (χ0n) is 17.9. The van der Waals surface area contributed by atoms with Crippen LogP contribution >= 0.6 is 11.8 Å². The molecular formula is C24H31FN2O2S. The van der Waals surface area contributed by atoms with E-state index in [1.165, 1.54) is 17.8 Å². The molecule has 30 heavy (non-hydrogen) atoms. The van der Waals surface area contributed by atoms with E-state index >= 15 is 0 Å². The molecule has 2 amide bonds. The first kappa shape index (κ1) is 23.9. The molecular weight excluding hydrogens is 399 g/mol. The zero-order valence-corrected chi connectivity index (χ0v) is 18.8.